The third-order valence-electron chi connectivity index (χ3n) is 1.09. The van der Waals surface area contributed by atoms with E-state index in [-0.39, 0.29) is 4.75 Å². The fraction of sp³-hybridized carbons (Fsp3) is 0.667. The Kier molecular flexibility index (Phi) is 4.39. The van der Waals surface area contributed by atoms with E-state index in [0.29, 0.717) is 0 Å². The summed E-state index contributed by atoms with van der Waals surface area (Å²) in [5.74, 6) is 0. The van der Waals surface area contributed by atoms with Crippen molar-refractivity contribution in [2.24, 2.45) is 4.40 Å². The van der Waals surface area contributed by atoms with Crippen LogP contribution in [0.2, 0.25) is 0 Å². The molecule has 1 atom stereocenters. The minimum absolute atomic E-state index is 0.258. The second kappa shape index (κ2) is 4.55. The minimum Gasteiger partial charge on any atom is -0.234 e. The molecule has 12 heavy (non-hydrogen) atoms. The van der Waals surface area contributed by atoms with E-state index < -0.39 is 11.0 Å². The van der Waals surface area contributed by atoms with Gasteiger partial charge in [-0.1, -0.05) is 5.57 Å². The summed E-state index contributed by atoms with van der Waals surface area (Å²) in [5, 5.41) is 0. The first kappa shape index (κ1) is 11.6. The van der Waals surface area contributed by atoms with Crippen LogP contribution in [0.15, 0.2) is 16.0 Å². The average molecular weight is 187 g/mol. The normalized spacial score (nSPS) is 14.8. The van der Waals surface area contributed by atoms with Gasteiger partial charge >= 0.3 is 0 Å². The number of nitrogens with zero attached hydrogens (tertiary/aromatic N) is 1. The highest BCUT2D eigenvalue weighted by atomic mass is 32.2. The quantitative estimate of drug-likeness (QED) is 0.611. The molecule has 0 aliphatic rings. The zero-order valence-electron chi connectivity index (χ0n) is 8.42. The van der Waals surface area contributed by atoms with E-state index in [9.17, 15) is 4.21 Å². The SMILES string of the molecule is CC(C)=C/C=N/S(=O)C(C)(C)C. The Labute approximate surface area is 77.4 Å². The molecule has 0 rings (SSSR count). The molecule has 0 saturated heterocycles. The molecular formula is C9H17NOS. The van der Waals surface area contributed by atoms with Crippen LogP contribution in [0.25, 0.3) is 0 Å². The molecule has 0 aromatic carbocycles. The van der Waals surface area contributed by atoms with Gasteiger partial charge in [0, 0.05) is 6.21 Å². The maximum Gasteiger partial charge on any atom is 0.144 e. The maximum atomic E-state index is 11.3. The fourth-order valence-electron chi connectivity index (χ4n) is 0.393. The smallest absolute Gasteiger partial charge is 0.144 e. The third-order valence-corrected chi connectivity index (χ3v) is 2.45. The molecule has 0 radical (unpaired) electrons. The van der Waals surface area contributed by atoms with Crippen molar-refractivity contribution in [1.82, 2.24) is 0 Å². The molecule has 0 aliphatic heterocycles. The first-order chi connectivity index (χ1) is 5.34. The predicted molar refractivity (Wildman–Crippen MR) is 55.8 cm³/mol. The van der Waals surface area contributed by atoms with E-state index in [1.165, 1.54) is 0 Å². The molecule has 0 fully saturated rings. The Bertz CT molecular complexity index is 219. The van der Waals surface area contributed by atoms with Crippen LogP contribution in [-0.4, -0.2) is 15.2 Å². The molecule has 0 aliphatic carbocycles. The number of rotatable bonds is 2. The van der Waals surface area contributed by atoms with Crippen molar-refractivity contribution in [3.63, 3.8) is 0 Å². The second-order valence-electron chi connectivity index (χ2n) is 3.86. The lowest BCUT2D eigenvalue weighted by molar-refractivity contribution is 0.651. The van der Waals surface area contributed by atoms with Crippen LogP contribution >= 0.6 is 0 Å². The molecule has 70 valence electrons. The standard InChI is InChI=1S/C9H17NOS/c1-8(2)6-7-10-12(11)9(3,4)5/h6-7H,1-5H3/b10-7+. The molecule has 0 saturated carbocycles. The van der Waals surface area contributed by atoms with Crippen LogP contribution in [0.1, 0.15) is 34.6 Å². The summed E-state index contributed by atoms with van der Waals surface area (Å²) in [6.45, 7) is 9.67. The molecule has 0 bridgehead atoms. The monoisotopic (exact) mass is 187 g/mol. The molecule has 0 heterocycles. The van der Waals surface area contributed by atoms with Gasteiger partial charge in [0.15, 0.2) is 0 Å². The lowest BCUT2D eigenvalue weighted by Crippen LogP contribution is -2.19. The Morgan fingerprint density at radius 2 is 1.83 bits per heavy atom. The van der Waals surface area contributed by atoms with Gasteiger partial charge in [0.2, 0.25) is 0 Å². The van der Waals surface area contributed by atoms with Crippen LogP contribution in [0.5, 0.6) is 0 Å². The molecule has 0 N–H and O–H groups in total. The van der Waals surface area contributed by atoms with Crippen molar-refractivity contribution >= 4 is 17.2 Å². The maximum absolute atomic E-state index is 11.3. The van der Waals surface area contributed by atoms with Crippen molar-refractivity contribution < 1.29 is 4.21 Å². The first-order valence-corrected chi connectivity index (χ1v) is 5.04. The van der Waals surface area contributed by atoms with Gasteiger partial charge in [-0.2, -0.15) is 4.40 Å². The lowest BCUT2D eigenvalue weighted by atomic mass is 10.3. The largest absolute Gasteiger partial charge is 0.234 e. The van der Waals surface area contributed by atoms with Gasteiger partial charge in [0.05, 0.1) is 4.75 Å². The number of hydrogen-bond donors (Lipinski definition) is 0. The molecule has 1 unspecified atom stereocenters. The van der Waals surface area contributed by atoms with Crippen LogP contribution in [-0.2, 0) is 11.0 Å². The van der Waals surface area contributed by atoms with Gasteiger partial charge in [0.1, 0.15) is 11.0 Å². The Hall–Kier alpha value is -0.440. The zero-order chi connectivity index (χ0) is 9.78. The summed E-state index contributed by atoms with van der Waals surface area (Å²) in [6.07, 6.45) is 3.46. The summed E-state index contributed by atoms with van der Waals surface area (Å²) in [6, 6.07) is 0. The van der Waals surface area contributed by atoms with Gasteiger partial charge in [-0.15, -0.1) is 0 Å². The van der Waals surface area contributed by atoms with Gasteiger partial charge in [-0.25, -0.2) is 4.21 Å². The highest BCUT2D eigenvalue weighted by Crippen LogP contribution is 2.11. The van der Waals surface area contributed by atoms with Crippen molar-refractivity contribution in [2.45, 2.75) is 39.4 Å². The van der Waals surface area contributed by atoms with E-state index in [4.69, 9.17) is 0 Å². The van der Waals surface area contributed by atoms with Crippen molar-refractivity contribution in [3.8, 4) is 0 Å². The van der Waals surface area contributed by atoms with Crippen molar-refractivity contribution in [1.29, 1.82) is 0 Å². The van der Waals surface area contributed by atoms with E-state index in [1.54, 1.807) is 6.21 Å². The summed E-state index contributed by atoms with van der Waals surface area (Å²) < 4.78 is 15.0. The van der Waals surface area contributed by atoms with Crippen molar-refractivity contribution in [3.05, 3.63) is 11.6 Å². The van der Waals surface area contributed by atoms with Gasteiger partial charge < -0.3 is 0 Å². The number of allylic oxidation sites excluding steroid dienone is 2. The second-order valence-corrected chi connectivity index (χ2v) is 5.79. The molecule has 0 aromatic rings. The third kappa shape index (κ3) is 5.24. The van der Waals surface area contributed by atoms with Gasteiger partial charge in [-0.05, 0) is 40.7 Å². The molecule has 0 spiro atoms. The topological polar surface area (TPSA) is 29.4 Å². The summed E-state index contributed by atoms with van der Waals surface area (Å²) in [4.78, 5) is 0. The number of hydrogen-bond acceptors (Lipinski definition) is 1. The molecule has 3 heteroatoms. The predicted octanol–water partition coefficient (Wildman–Crippen LogP) is 2.49. The van der Waals surface area contributed by atoms with E-state index >= 15 is 0 Å². The first-order valence-electron chi connectivity index (χ1n) is 3.93. The minimum atomic E-state index is -1.13. The fourth-order valence-corrected chi connectivity index (χ4v) is 0.881. The Balaban J connectivity index is 4.20. The van der Waals surface area contributed by atoms with Crippen LogP contribution in [0, 0.1) is 0 Å². The van der Waals surface area contributed by atoms with Gasteiger partial charge in [0.25, 0.3) is 0 Å². The van der Waals surface area contributed by atoms with Crippen molar-refractivity contribution in [2.75, 3.05) is 0 Å². The highest BCUT2D eigenvalue weighted by Gasteiger charge is 2.17. The summed E-state index contributed by atoms with van der Waals surface area (Å²) >= 11 is 0. The van der Waals surface area contributed by atoms with E-state index in [0.717, 1.165) is 5.57 Å². The van der Waals surface area contributed by atoms with Crippen LogP contribution < -0.4 is 0 Å². The molecule has 2 nitrogen and oxygen atoms in total. The average Bonchev–Trinajstić information content (AvgIpc) is 1.84. The van der Waals surface area contributed by atoms with Crippen LogP contribution in [0.4, 0.5) is 0 Å². The van der Waals surface area contributed by atoms with Gasteiger partial charge in [-0.3, -0.25) is 0 Å². The molecule has 0 aromatic heterocycles. The Morgan fingerprint density at radius 3 is 2.17 bits per heavy atom. The zero-order valence-corrected chi connectivity index (χ0v) is 9.23. The Morgan fingerprint density at radius 1 is 1.33 bits per heavy atom. The van der Waals surface area contributed by atoms with Crippen LogP contribution in [0.3, 0.4) is 0 Å². The van der Waals surface area contributed by atoms with E-state index in [2.05, 4.69) is 4.40 Å². The lowest BCUT2D eigenvalue weighted by Gasteiger charge is -2.12. The summed E-state index contributed by atoms with van der Waals surface area (Å²) in [7, 11) is -1.13. The van der Waals surface area contributed by atoms with E-state index in [1.807, 2.05) is 40.7 Å². The highest BCUT2D eigenvalue weighted by molar-refractivity contribution is 7.85. The molecule has 0 amide bonds. The summed E-state index contributed by atoms with van der Waals surface area (Å²) in [5.41, 5.74) is 1.16. The molecular weight excluding hydrogens is 170 g/mol.